The van der Waals surface area contributed by atoms with Gasteiger partial charge in [0.05, 0.1) is 5.69 Å². The predicted octanol–water partition coefficient (Wildman–Crippen LogP) is 2.85. The number of anilines is 1. The molecule has 0 radical (unpaired) electrons. The summed E-state index contributed by atoms with van der Waals surface area (Å²) < 4.78 is 12.9. The van der Waals surface area contributed by atoms with Gasteiger partial charge in [0.15, 0.2) is 0 Å². The molecule has 3 rings (SSSR count). The van der Waals surface area contributed by atoms with Gasteiger partial charge in [0.25, 0.3) is 0 Å². The summed E-state index contributed by atoms with van der Waals surface area (Å²) in [6.45, 7) is 2.30. The number of nitrogens with one attached hydrogen (secondary N) is 1. The summed E-state index contributed by atoms with van der Waals surface area (Å²) in [6.07, 6.45) is 5.95. The second-order valence-electron chi connectivity index (χ2n) is 5.80. The van der Waals surface area contributed by atoms with Gasteiger partial charge in [-0.1, -0.05) is 12.1 Å². The zero-order valence-electron chi connectivity index (χ0n) is 13.0. The summed E-state index contributed by atoms with van der Waals surface area (Å²) in [7, 11) is 0. The molecule has 23 heavy (non-hydrogen) atoms. The van der Waals surface area contributed by atoms with Gasteiger partial charge in [-0.2, -0.15) is 0 Å². The lowest BCUT2D eigenvalue weighted by atomic mass is 10.1. The van der Waals surface area contributed by atoms with Crippen molar-refractivity contribution in [2.75, 3.05) is 25.0 Å². The SMILES string of the molecule is O=C1CCCN1CCNc1cncc(Cc2ccc(F)cc2)c1. The lowest BCUT2D eigenvalue weighted by Crippen LogP contribution is -2.29. The summed E-state index contributed by atoms with van der Waals surface area (Å²) in [6, 6.07) is 8.56. The average Bonchev–Trinajstić information content (AvgIpc) is 2.95. The third kappa shape index (κ3) is 4.28. The fraction of sp³-hybridized carbons (Fsp3) is 0.333. The van der Waals surface area contributed by atoms with Crippen LogP contribution in [0.1, 0.15) is 24.0 Å². The molecule has 1 aromatic carbocycles. The summed E-state index contributed by atoms with van der Waals surface area (Å²) in [5.74, 6) is 0.0220. The second kappa shape index (κ2) is 7.22. The second-order valence-corrected chi connectivity index (χ2v) is 5.80. The van der Waals surface area contributed by atoms with Gasteiger partial charge in [0, 0.05) is 38.4 Å². The topological polar surface area (TPSA) is 45.2 Å². The number of benzene rings is 1. The van der Waals surface area contributed by atoms with E-state index in [9.17, 15) is 9.18 Å². The maximum Gasteiger partial charge on any atom is 0.222 e. The van der Waals surface area contributed by atoms with E-state index in [1.165, 1.54) is 12.1 Å². The number of hydrogen-bond donors (Lipinski definition) is 1. The first-order chi connectivity index (χ1) is 11.2. The fourth-order valence-corrected chi connectivity index (χ4v) is 2.79. The lowest BCUT2D eigenvalue weighted by molar-refractivity contribution is -0.127. The minimum Gasteiger partial charge on any atom is -0.382 e. The van der Waals surface area contributed by atoms with Crippen molar-refractivity contribution >= 4 is 11.6 Å². The van der Waals surface area contributed by atoms with E-state index in [0.29, 0.717) is 19.4 Å². The van der Waals surface area contributed by atoms with Crippen molar-refractivity contribution in [2.24, 2.45) is 0 Å². The Morgan fingerprint density at radius 3 is 2.74 bits per heavy atom. The van der Waals surface area contributed by atoms with Gasteiger partial charge in [-0.25, -0.2) is 4.39 Å². The van der Waals surface area contributed by atoms with E-state index in [1.807, 2.05) is 17.2 Å². The van der Waals surface area contributed by atoms with E-state index >= 15 is 0 Å². The number of hydrogen-bond acceptors (Lipinski definition) is 3. The molecule has 120 valence electrons. The van der Waals surface area contributed by atoms with E-state index in [2.05, 4.69) is 10.3 Å². The maximum absolute atomic E-state index is 12.9. The third-order valence-electron chi connectivity index (χ3n) is 4.00. The molecular formula is C18H20FN3O. The third-order valence-corrected chi connectivity index (χ3v) is 4.00. The largest absolute Gasteiger partial charge is 0.382 e. The minimum atomic E-state index is -0.223. The predicted molar refractivity (Wildman–Crippen MR) is 87.7 cm³/mol. The number of halogens is 1. The summed E-state index contributed by atoms with van der Waals surface area (Å²) >= 11 is 0. The van der Waals surface area contributed by atoms with E-state index in [4.69, 9.17) is 0 Å². The van der Waals surface area contributed by atoms with Crippen LogP contribution in [0.25, 0.3) is 0 Å². The highest BCUT2D eigenvalue weighted by Gasteiger charge is 2.18. The Balaban J connectivity index is 1.54. The van der Waals surface area contributed by atoms with Gasteiger partial charge in [-0.15, -0.1) is 0 Å². The van der Waals surface area contributed by atoms with Crippen LogP contribution < -0.4 is 5.32 Å². The molecule has 2 aromatic rings. The Morgan fingerprint density at radius 1 is 1.17 bits per heavy atom. The number of aromatic nitrogens is 1. The first kappa shape index (κ1) is 15.5. The number of amides is 1. The molecule has 1 N–H and O–H groups in total. The molecular weight excluding hydrogens is 293 g/mol. The van der Waals surface area contributed by atoms with E-state index < -0.39 is 0 Å². The van der Waals surface area contributed by atoms with Gasteiger partial charge < -0.3 is 10.2 Å². The molecule has 1 aromatic heterocycles. The molecule has 5 heteroatoms. The van der Waals surface area contributed by atoms with Crippen molar-refractivity contribution in [1.29, 1.82) is 0 Å². The Bertz CT molecular complexity index is 672. The van der Waals surface area contributed by atoms with Crippen molar-refractivity contribution in [1.82, 2.24) is 9.88 Å². The number of rotatable bonds is 6. The molecule has 1 aliphatic rings. The molecule has 0 spiro atoms. The van der Waals surface area contributed by atoms with Crippen molar-refractivity contribution in [3.8, 4) is 0 Å². The fourth-order valence-electron chi connectivity index (χ4n) is 2.79. The van der Waals surface area contributed by atoms with Gasteiger partial charge in [-0.3, -0.25) is 9.78 Å². The molecule has 0 aliphatic carbocycles. The van der Waals surface area contributed by atoms with Crippen LogP contribution in [0.3, 0.4) is 0 Å². The Morgan fingerprint density at radius 2 is 2.00 bits per heavy atom. The molecule has 0 saturated carbocycles. The normalized spacial score (nSPS) is 14.3. The standard InChI is InChI=1S/C18H20FN3O/c19-16-5-3-14(4-6-16)10-15-11-17(13-20-12-15)21-7-9-22-8-1-2-18(22)23/h3-6,11-13,21H,1-2,7-10H2. The summed E-state index contributed by atoms with van der Waals surface area (Å²) in [4.78, 5) is 17.7. The molecule has 1 aliphatic heterocycles. The molecule has 2 heterocycles. The van der Waals surface area contributed by atoms with Gasteiger partial charge >= 0.3 is 0 Å². The van der Waals surface area contributed by atoms with Crippen LogP contribution in [0.4, 0.5) is 10.1 Å². The molecule has 1 fully saturated rings. The van der Waals surface area contributed by atoms with Crippen molar-refractivity contribution in [3.05, 3.63) is 59.7 Å². The van der Waals surface area contributed by atoms with Crippen LogP contribution in [0.15, 0.2) is 42.7 Å². The Labute approximate surface area is 135 Å². The summed E-state index contributed by atoms with van der Waals surface area (Å²) in [5, 5.41) is 3.31. The number of nitrogens with zero attached hydrogens (tertiary/aromatic N) is 2. The highest BCUT2D eigenvalue weighted by Crippen LogP contribution is 2.14. The number of carbonyl (C=O) groups is 1. The van der Waals surface area contributed by atoms with E-state index in [0.717, 1.165) is 36.3 Å². The molecule has 1 amide bonds. The van der Waals surface area contributed by atoms with E-state index in [1.54, 1.807) is 18.3 Å². The zero-order valence-corrected chi connectivity index (χ0v) is 13.0. The molecule has 0 atom stereocenters. The van der Waals surface area contributed by atoms with Gasteiger partial charge in [0.2, 0.25) is 5.91 Å². The molecule has 0 unspecified atom stereocenters. The Kier molecular flexibility index (Phi) is 4.86. The highest BCUT2D eigenvalue weighted by molar-refractivity contribution is 5.78. The van der Waals surface area contributed by atoms with Gasteiger partial charge in [0.1, 0.15) is 5.82 Å². The van der Waals surface area contributed by atoms with Crippen LogP contribution >= 0.6 is 0 Å². The number of pyridine rings is 1. The first-order valence-corrected chi connectivity index (χ1v) is 7.91. The van der Waals surface area contributed by atoms with Crippen LogP contribution in [0.5, 0.6) is 0 Å². The lowest BCUT2D eigenvalue weighted by Gasteiger charge is -2.16. The minimum absolute atomic E-state index is 0.223. The van der Waals surface area contributed by atoms with Crippen molar-refractivity contribution < 1.29 is 9.18 Å². The smallest absolute Gasteiger partial charge is 0.222 e. The highest BCUT2D eigenvalue weighted by atomic mass is 19.1. The van der Waals surface area contributed by atoms with Crippen LogP contribution in [0, 0.1) is 5.82 Å². The molecule has 1 saturated heterocycles. The maximum atomic E-state index is 12.9. The monoisotopic (exact) mass is 313 g/mol. The molecule has 0 bridgehead atoms. The van der Waals surface area contributed by atoms with Crippen molar-refractivity contribution in [2.45, 2.75) is 19.3 Å². The zero-order chi connectivity index (χ0) is 16.1. The van der Waals surface area contributed by atoms with Crippen LogP contribution in [0.2, 0.25) is 0 Å². The Hall–Kier alpha value is -2.43. The van der Waals surface area contributed by atoms with Gasteiger partial charge in [-0.05, 0) is 42.2 Å². The average molecular weight is 313 g/mol. The number of carbonyl (C=O) groups excluding carboxylic acids is 1. The van der Waals surface area contributed by atoms with Crippen molar-refractivity contribution in [3.63, 3.8) is 0 Å². The number of likely N-dealkylation sites (tertiary alicyclic amines) is 1. The van der Waals surface area contributed by atoms with Crippen LogP contribution in [-0.4, -0.2) is 35.4 Å². The first-order valence-electron chi connectivity index (χ1n) is 7.91. The quantitative estimate of drug-likeness (QED) is 0.892. The van der Waals surface area contributed by atoms with Crippen LogP contribution in [-0.2, 0) is 11.2 Å². The summed E-state index contributed by atoms with van der Waals surface area (Å²) in [5.41, 5.74) is 3.06. The molecule has 4 nitrogen and oxygen atoms in total. The van der Waals surface area contributed by atoms with E-state index in [-0.39, 0.29) is 11.7 Å².